The van der Waals surface area contributed by atoms with E-state index in [-0.39, 0.29) is 6.04 Å². The van der Waals surface area contributed by atoms with Gasteiger partial charge in [-0.15, -0.1) is 0 Å². The summed E-state index contributed by atoms with van der Waals surface area (Å²) in [5.41, 5.74) is 5.17. The first-order chi connectivity index (χ1) is 10.2. The molecule has 0 saturated heterocycles. The molecule has 0 radical (unpaired) electrons. The Morgan fingerprint density at radius 2 is 1.86 bits per heavy atom. The van der Waals surface area contributed by atoms with E-state index >= 15 is 0 Å². The first kappa shape index (κ1) is 15.6. The van der Waals surface area contributed by atoms with Crippen LogP contribution in [0.4, 0.5) is 0 Å². The highest BCUT2D eigenvalue weighted by atomic mass is 16.5. The van der Waals surface area contributed by atoms with Gasteiger partial charge in [0, 0.05) is 11.6 Å². The van der Waals surface area contributed by atoms with Crippen molar-refractivity contribution in [1.29, 1.82) is 0 Å². The van der Waals surface area contributed by atoms with Crippen LogP contribution in [0.1, 0.15) is 35.2 Å². The van der Waals surface area contributed by atoms with Crippen LogP contribution in [0.5, 0.6) is 5.75 Å². The molecule has 1 atom stereocenters. The van der Waals surface area contributed by atoms with Gasteiger partial charge in [-0.3, -0.25) is 0 Å². The van der Waals surface area contributed by atoms with E-state index in [1.165, 1.54) is 22.3 Å². The molecule has 1 unspecified atom stereocenters. The second-order valence-electron chi connectivity index (χ2n) is 5.49. The first-order valence-corrected chi connectivity index (χ1v) is 7.58. The molecule has 0 aliphatic carbocycles. The fourth-order valence-corrected chi connectivity index (χ4v) is 2.70. The Balaban J connectivity index is 2.33. The second kappa shape index (κ2) is 7.28. The van der Waals surface area contributed by atoms with Gasteiger partial charge in [-0.2, -0.15) is 0 Å². The monoisotopic (exact) mass is 283 g/mol. The molecule has 2 aromatic carbocycles. The summed E-state index contributed by atoms with van der Waals surface area (Å²) in [6.07, 6.45) is 0.972. The van der Waals surface area contributed by atoms with Gasteiger partial charge in [0.2, 0.25) is 0 Å². The van der Waals surface area contributed by atoms with Crippen LogP contribution in [0.2, 0.25) is 0 Å². The van der Waals surface area contributed by atoms with Crippen molar-refractivity contribution in [2.45, 2.75) is 33.2 Å². The lowest BCUT2D eigenvalue weighted by Gasteiger charge is -2.22. The summed E-state index contributed by atoms with van der Waals surface area (Å²) in [5.74, 6) is 0.967. The van der Waals surface area contributed by atoms with Crippen molar-refractivity contribution in [2.24, 2.45) is 0 Å². The lowest BCUT2D eigenvalue weighted by atomic mass is 9.95. The number of benzene rings is 2. The molecule has 0 spiro atoms. The molecular formula is C19H25NO. The van der Waals surface area contributed by atoms with Crippen molar-refractivity contribution in [3.05, 3.63) is 64.7 Å². The zero-order valence-electron chi connectivity index (χ0n) is 13.4. The van der Waals surface area contributed by atoms with Gasteiger partial charge in [0.05, 0.1) is 7.11 Å². The van der Waals surface area contributed by atoms with Gasteiger partial charge in [0.25, 0.3) is 0 Å². The van der Waals surface area contributed by atoms with Gasteiger partial charge >= 0.3 is 0 Å². The highest BCUT2D eigenvalue weighted by Crippen LogP contribution is 2.29. The van der Waals surface area contributed by atoms with E-state index in [2.05, 4.69) is 68.6 Å². The zero-order valence-corrected chi connectivity index (χ0v) is 13.4. The van der Waals surface area contributed by atoms with Crippen LogP contribution in [0.25, 0.3) is 0 Å². The largest absolute Gasteiger partial charge is 0.496 e. The molecule has 0 aliphatic rings. The Hall–Kier alpha value is -1.80. The Morgan fingerprint density at radius 1 is 1.10 bits per heavy atom. The summed E-state index contributed by atoms with van der Waals surface area (Å²) in [6, 6.07) is 15.3. The Morgan fingerprint density at radius 3 is 2.52 bits per heavy atom. The molecule has 0 aromatic heterocycles. The van der Waals surface area contributed by atoms with E-state index in [4.69, 9.17) is 4.74 Å². The molecule has 21 heavy (non-hydrogen) atoms. The van der Waals surface area contributed by atoms with Crippen LogP contribution in [-0.4, -0.2) is 13.7 Å². The average Bonchev–Trinajstić information content (AvgIpc) is 2.49. The van der Waals surface area contributed by atoms with Gasteiger partial charge in [-0.25, -0.2) is 0 Å². The third kappa shape index (κ3) is 3.85. The number of hydrogen-bond donors (Lipinski definition) is 1. The second-order valence-corrected chi connectivity index (χ2v) is 5.49. The van der Waals surface area contributed by atoms with Crippen molar-refractivity contribution in [3.8, 4) is 5.75 Å². The van der Waals surface area contributed by atoms with Gasteiger partial charge in [0.15, 0.2) is 0 Å². The highest BCUT2D eigenvalue weighted by Gasteiger charge is 2.16. The molecule has 0 fully saturated rings. The molecule has 2 aromatic rings. The molecule has 0 bridgehead atoms. The molecule has 0 heterocycles. The smallest absolute Gasteiger partial charge is 0.123 e. The van der Waals surface area contributed by atoms with Crippen molar-refractivity contribution >= 4 is 0 Å². The predicted octanol–water partition coefficient (Wildman–Crippen LogP) is 4.21. The van der Waals surface area contributed by atoms with E-state index in [1.54, 1.807) is 7.11 Å². The van der Waals surface area contributed by atoms with E-state index in [1.807, 2.05) is 0 Å². The summed E-state index contributed by atoms with van der Waals surface area (Å²) in [5, 5.41) is 3.59. The lowest BCUT2D eigenvalue weighted by molar-refractivity contribution is 0.399. The number of aryl methyl sites for hydroxylation is 2. The fourth-order valence-electron chi connectivity index (χ4n) is 2.70. The zero-order chi connectivity index (χ0) is 15.2. The molecule has 2 nitrogen and oxygen atoms in total. The van der Waals surface area contributed by atoms with E-state index < -0.39 is 0 Å². The Labute approximate surface area is 128 Å². The summed E-state index contributed by atoms with van der Waals surface area (Å²) in [6.45, 7) is 7.35. The molecular weight excluding hydrogens is 258 g/mol. The summed E-state index contributed by atoms with van der Waals surface area (Å²) in [7, 11) is 1.75. The lowest BCUT2D eigenvalue weighted by Crippen LogP contribution is -2.23. The van der Waals surface area contributed by atoms with Crippen LogP contribution < -0.4 is 10.1 Å². The summed E-state index contributed by atoms with van der Waals surface area (Å²) >= 11 is 0. The third-order valence-corrected chi connectivity index (χ3v) is 3.90. The molecule has 112 valence electrons. The maximum atomic E-state index is 5.58. The first-order valence-electron chi connectivity index (χ1n) is 7.58. The topological polar surface area (TPSA) is 21.3 Å². The van der Waals surface area contributed by atoms with Crippen LogP contribution >= 0.6 is 0 Å². The molecule has 0 saturated carbocycles. The summed E-state index contributed by atoms with van der Waals surface area (Å²) in [4.78, 5) is 0. The predicted molar refractivity (Wildman–Crippen MR) is 89.0 cm³/mol. The molecule has 2 rings (SSSR count). The van der Waals surface area contributed by atoms with Crippen LogP contribution in [-0.2, 0) is 6.42 Å². The highest BCUT2D eigenvalue weighted by molar-refractivity contribution is 5.40. The minimum Gasteiger partial charge on any atom is -0.496 e. The number of rotatable bonds is 6. The molecule has 0 amide bonds. The average molecular weight is 283 g/mol. The van der Waals surface area contributed by atoms with Gasteiger partial charge in [-0.05, 0) is 49.6 Å². The standard InChI is InChI=1S/C19H25NO/c1-5-20-18(13-16-9-7-6-8-15(16)3)17-11-10-14(2)12-19(17)21-4/h6-12,18,20H,5,13H2,1-4H3. The van der Waals surface area contributed by atoms with Crippen molar-refractivity contribution in [1.82, 2.24) is 5.32 Å². The third-order valence-electron chi connectivity index (χ3n) is 3.90. The minimum absolute atomic E-state index is 0.270. The van der Waals surface area contributed by atoms with Gasteiger partial charge in [0.1, 0.15) is 5.75 Å². The van der Waals surface area contributed by atoms with Crippen molar-refractivity contribution in [2.75, 3.05) is 13.7 Å². The van der Waals surface area contributed by atoms with E-state index in [9.17, 15) is 0 Å². The van der Waals surface area contributed by atoms with E-state index in [0.29, 0.717) is 0 Å². The maximum absolute atomic E-state index is 5.58. The SMILES string of the molecule is CCNC(Cc1ccccc1C)c1ccc(C)cc1OC. The quantitative estimate of drug-likeness (QED) is 0.857. The minimum atomic E-state index is 0.270. The number of hydrogen-bond acceptors (Lipinski definition) is 2. The van der Waals surface area contributed by atoms with Crippen molar-refractivity contribution < 1.29 is 4.74 Å². The van der Waals surface area contributed by atoms with Gasteiger partial charge < -0.3 is 10.1 Å². The van der Waals surface area contributed by atoms with Crippen LogP contribution in [0, 0.1) is 13.8 Å². The molecule has 1 N–H and O–H groups in total. The van der Waals surface area contributed by atoms with Crippen LogP contribution in [0.15, 0.2) is 42.5 Å². The van der Waals surface area contributed by atoms with Crippen LogP contribution in [0.3, 0.4) is 0 Å². The molecule has 0 aliphatic heterocycles. The van der Waals surface area contributed by atoms with E-state index in [0.717, 1.165) is 18.7 Å². The summed E-state index contributed by atoms with van der Waals surface area (Å²) < 4.78 is 5.58. The Bertz CT molecular complexity index is 592. The number of nitrogens with one attached hydrogen (secondary N) is 1. The van der Waals surface area contributed by atoms with Crippen molar-refractivity contribution in [3.63, 3.8) is 0 Å². The Kier molecular flexibility index (Phi) is 5.40. The number of methoxy groups -OCH3 is 1. The maximum Gasteiger partial charge on any atom is 0.123 e. The normalized spacial score (nSPS) is 12.2. The van der Waals surface area contributed by atoms with Gasteiger partial charge in [-0.1, -0.05) is 43.3 Å². The number of likely N-dealkylation sites (N-methyl/N-ethyl adjacent to an activating group) is 1. The number of ether oxygens (including phenoxy) is 1. The fraction of sp³-hybridized carbons (Fsp3) is 0.368. The molecule has 2 heteroatoms.